The molecule has 8 heteroatoms. The fourth-order valence-corrected chi connectivity index (χ4v) is 4.45. The third kappa shape index (κ3) is 3.64. The number of aryl methyl sites for hydroxylation is 1. The Morgan fingerprint density at radius 2 is 1.88 bits per heavy atom. The average molecular weight is 438 g/mol. The molecule has 0 spiro atoms. The summed E-state index contributed by atoms with van der Waals surface area (Å²) in [6, 6.07) is 13.2. The van der Waals surface area contributed by atoms with Crippen molar-refractivity contribution in [1.29, 1.82) is 0 Å². The van der Waals surface area contributed by atoms with Gasteiger partial charge in [-0.05, 0) is 47.9 Å². The molecule has 0 atom stereocenters. The van der Waals surface area contributed by atoms with Crippen LogP contribution in [0.15, 0.2) is 42.5 Å². The fraction of sp³-hybridized carbons (Fsp3) is 0.333. The monoisotopic (exact) mass is 438 g/mol. The van der Waals surface area contributed by atoms with Crippen LogP contribution >= 0.6 is 0 Å². The Kier molecular flexibility index (Phi) is 4.97. The number of halogens is 2. The predicted octanol–water partition coefficient (Wildman–Crippen LogP) is 3.72. The van der Waals surface area contributed by atoms with E-state index in [0.717, 1.165) is 46.4 Å². The van der Waals surface area contributed by atoms with Gasteiger partial charge in [0.25, 0.3) is 11.8 Å². The number of rotatable bonds is 3. The van der Waals surface area contributed by atoms with E-state index in [9.17, 15) is 13.6 Å². The second kappa shape index (κ2) is 7.70. The maximum atomic E-state index is 13.3. The number of pyridine rings is 1. The summed E-state index contributed by atoms with van der Waals surface area (Å²) in [6.07, 6.45) is 0. The molecular formula is C24H24F2N4O2. The van der Waals surface area contributed by atoms with Crippen molar-refractivity contribution in [3.63, 3.8) is 0 Å². The minimum absolute atomic E-state index is 0.376. The van der Waals surface area contributed by atoms with Crippen molar-refractivity contribution in [3.8, 4) is 11.1 Å². The van der Waals surface area contributed by atoms with Crippen molar-refractivity contribution in [2.45, 2.75) is 12.8 Å². The normalized spacial score (nSPS) is 18.0. The van der Waals surface area contributed by atoms with Crippen LogP contribution in [0.3, 0.4) is 0 Å². The number of hydrogen-bond acceptors (Lipinski definition) is 5. The first-order chi connectivity index (χ1) is 15.3. The minimum atomic E-state index is -2.80. The Balaban J connectivity index is 1.56. The molecule has 2 aliphatic heterocycles. The molecule has 6 nitrogen and oxygen atoms in total. The van der Waals surface area contributed by atoms with E-state index in [1.54, 1.807) is 12.1 Å². The highest BCUT2D eigenvalue weighted by molar-refractivity contribution is 6.03. The molecule has 0 unspecified atom stereocenters. The highest BCUT2D eigenvalue weighted by Gasteiger charge is 2.46. The summed E-state index contributed by atoms with van der Waals surface area (Å²) < 4.78 is 32.1. The second-order valence-corrected chi connectivity index (χ2v) is 8.41. The van der Waals surface area contributed by atoms with Gasteiger partial charge >= 0.3 is 0 Å². The van der Waals surface area contributed by atoms with Crippen LogP contribution in [0.4, 0.5) is 20.3 Å². The zero-order valence-electron chi connectivity index (χ0n) is 17.8. The molecule has 5 rings (SSSR count). The molecule has 0 radical (unpaired) electrons. The molecule has 2 fully saturated rings. The Hall–Kier alpha value is -3.26. The van der Waals surface area contributed by atoms with E-state index < -0.39 is 19.0 Å². The van der Waals surface area contributed by atoms with Gasteiger partial charge in [0, 0.05) is 24.0 Å². The van der Waals surface area contributed by atoms with Crippen molar-refractivity contribution < 1.29 is 18.3 Å². The molecule has 2 saturated heterocycles. The first kappa shape index (κ1) is 20.6. The lowest BCUT2D eigenvalue weighted by molar-refractivity contribution is -0.113. The number of alkyl halides is 2. The largest absolute Gasteiger partial charge is 0.382 e. The number of benzene rings is 2. The van der Waals surface area contributed by atoms with Gasteiger partial charge in [0.05, 0.1) is 37.5 Å². The molecule has 1 amide bonds. The SMILES string of the molecule is Cc1cccc(C(=O)N2CC(F)(F)C2)c1-c1ccc2nc(N)c(N3CCOCC3)cc2c1. The number of nitrogens with two attached hydrogens (primary N) is 1. The van der Waals surface area contributed by atoms with Crippen LogP contribution in [0.5, 0.6) is 0 Å². The second-order valence-electron chi connectivity index (χ2n) is 8.41. The highest BCUT2D eigenvalue weighted by atomic mass is 19.3. The number of likely N-dealkylation sites (tertiary alicyclic amines) is 1. The van der Waals surface area contributed by atoms with E-state index in [2.05, 4.69) is 9.88 Å². The van der Waals surface area contributed by atoms with Gasteiger partial charge in [-0.3, -0.25) is 4.79 Å². The minimum Gasteiger partial charge on any atom is -0.382 e. The maximum Gasteiger partial charge on any atom is 0.282 e. The van der Waals surface area contributed by atoms with Crippen LogP contribution in [0.25, 0.3) is 22.0 Å². The third-order valence-corrected chi connectivity index (χ3v) is 6.10. The molecule has 0 aliphatic carbocycles. The van der Waals surface area contributed by atoms with Crippen LogP contribution in [0, 0.1) is 6.92 Å². The van der Waals surface area contributed by atoms with Crippen molar-refractivity contribution in [1.82, 2.24) is 9.88 Å². The number of nitrogens with zero attached hydrogens (tertiary/aromatic N) is 3. The number of carbonyl (C=O) groups excluding carboxylic acids is 1. The molecule has 32 heavy (non-hydrogen) atoms. The summed E-state index contributed by atoms with van der Waals surface area (Å²) in [4.78, 5) is 20.9. The summed E-state index contributed by atoms with van der Waals surface area (Å²) in [5, 5.41) is 0.898. The average Bonchev–Trinajstić information content (AvgIpc) is 2.76. The number of nitrogen functional groups attached to an aromatic ring is 1. The third-order valence-electron chi connectivity index (χ3n) is 6.10. The van der Waals surface area contributed by atoms with E-state index in [1.165, 1.54) is 4.90 Å². The van der Waals surface area contributed by atoms with Gasteiger partial charge in [0.1, 0.15) is 5.82 Å². The molecule has 3 aromatic rings. The van der Waals surface area contributed by atoms with E-state index in [1.807, 2.05) is 37.3 Å². The number of anilines is 2. The van der Waals surface area contributed by atoms with Gasteiger partial charge in [0.15, 0.2) is 0 Å². The lowest BCUT2D eigenvalue weighted by Crippen LogP contribution is -2.58. The maximum absolute atomic E-state index is 13.3. The van der Waals surface area contributed by atoms with Crippen LogP contribution < -0.4 is 10.6 Å². The van der Waals surface area contributed by atoms with Crippen LogP contribution in [0.2, 0.25) is 0 Å². The molecule has 0 saturated carbocycles. The Morgan fingerprint density at radius 3 is 2.59 bits per heavy atom. The number of aromatic nitrogens is 1. The summed E-state index contributed by atoms with van der Waals surface area (Å²) in [5.41, 5.74) is 10.8. The highest BCUT2D eigenvalue weighted by Crippen LogP contribution is 2.35. The first-order valence-electron chi connectivity index (χ1n) is 10.6. The van der Waals surface area contributed by atoms with Crippen LogP contribution in [0.1, 0.15) is 15.9 Å². The Morgan fingerprint density at radius 1 is 1.12 bits per heavy atom. The summed E-state index contributed by atoms with van der Waals surface area (Å²) >= 11 is 0. The molecule has 3 heterocycles. The van der Waals surface area contributed by atoms with Crippen LogP contribution in [-0.4, -0.2) is 61.1 Å². The van der Waals surface area contributed by atoms with Crippen LogP contribution in [-0.2, 0) is 4.74 Å². The van der Waals surface area contributed by atoms with Crippen molar-refractivity contribution in [3.05, 3.63) is 53.6 Å². The number of carbonyl (C=O) groups is 1. The lowest BCUT2D eigenvalue weighted by Gasteiger charge is -2.39. The summed E-state index contributed by atoms with van der Waals surface area (Å²) in [7, 11) is 0. The smallest absolute Gasteiger partial charge is 0.282 e. The van der Waals surface area contributed by atoms with E-state index in [0.29, 0.717) is 24.6 Å². The Bertz CT molecular complexity index is 1200. The van der Waals surface area contributed by atoms with Gasteiger partial charge in [-0.25, -0.2) is 13.8 Å². The van der Waals surface area contributed by atoms with E-state index >= 15 is 0 Å². The van der Waals surface area contributed by atoms with E-state index in [-0.39, 0.29) is 5.91 Å². The molecule has 2 N–H and O–H groups in total. The van der Waals surface area contributed by atoms with Gasteiger partial charge in [-0.15, -0.1) is 0 Å². The summed E-state index contributed by atoms with van der Waals surface area (Å²) in [6.45, 7) is 3.61. The predicted molar refractivity (Wildman–Crippen MR) is 120 cm³/mol. The topological polar surface area (TPSA) is 71.7 Å². The quantitative estimate of drug-likeness (QED) is 0.675. The number of ether oxygens (including phenoxy) is 1. The number of hydrogen-bond donors (Lipinski definition) is 1. The molecular weight excluding hydrogens is 414 g/mol. The first-order valence-corrected chi connectivity index (χ1v) is 10.6. The molecule has 2 aromatic carbocycles. The van der Waals surface area contributed by atoms with Crippen molar-refractivity contribution in [2.75, 3.05) is 50.0 Å². The van der Waals surface area contributed by atoms with Crippen molar-refractivity contribution in [2.24, 2.45) is 0 Å². The molecule has 2 aliphatic rings. The summed E-state index contributed by atoms with van der Waals surface area (Å²) in [5.74, 6) is -2.71. The van der Waals surface area contributed by atoms with E-state index in [4.69, 9.17) is 10.5 Å². The van der Waals surface area contributed by atoms with Gasteiger partial charge < -0.3 is 20.3 Å². The fourth-order valence-electron chi connectivity index (χ4n) is 4.45. The van der Waals surface area contributed by atoms with Gasteiger partial charge in [0.2, 0.25) is 0 Å². The lowest BCUT2D eigenvalue weighted by atomic mass is 9.92. The van der Waals surface area contributed by atoms with Crippen molar-refractivity contribution >= 4 is 28.3 Å². The number of fused-ring (bicyclic) bond motifs is 1. The number of morpholine rings is 1. The molecule has 166 valence electrons. The zero-order chi connectivity index (χ0) is 22.5. The molecule has 0 bridgehead atoms. The molecule has 1 aromatic heterocycles. The number of amides is 1. The Labute approximate surface area is 184 Å². The van der Waals surface area contributed by atoms with Gasteiger partial charge in [-0.2, -0.15) is 0 Å². The standard InChI is InChI=1S/C24H24F2N4O2/c1-15-3-2-4-18(23(31)30-13-24(25,26)14-30)21(15)16-5-6-19-17(11-16)12-20(22(27)28-19)29-7-9-32-10-8-29/h2-6,11-12H,7-10,13-14H2,1H3,(H2,27,28). The zero-order valence-corrected chi connectivity index (χ0v) is 17.8. The van der Waals surface area contributed by atoms with Gasteiger partial charge in [-0.1, -0.05) is 18.2 Å².